The molecule has 2 aromatic rings. The Balaban J connectivity index is 2.35. The van der Waals surface area contributed by atoms with Gasteiger partial charge in [0.25, 0.3) is 0 Å². The molecule has 0 atom stereocenters. The van der Waals surface area contributed by atoms with Crippen LogP contribution in [-0.2, 0) is 4.79 Å². The topological polar surface area (TPSA) is 40.5 Å². The summed E-state index contributed by atoms with van der Waals surface area (Å²) in [5.41, 5.74) is 2.08. The lowest BCUT2D eigenvalue weighted by Crippen LogP contribution is -2.09. The Hall–Kier alpha value is -2.62. The molecule has 0 aliphatic heterocycles. The zero-order valence-corrected chi connectivity index (χ0v) is 11.0. The smallest absolute Gasteiger partial charge is 0.328 e. The third-order valence-corrected chi connectivity index (χ3v) is 2.85. The van der Waals surface area contributed by atoms with Crippen molar-refractivity contribution in [3.8, 4) is 0 Å². The molecule has 0 aromatic heterocycles. The number of nitrogens with zero attached hydrogens (tertiary/aromatic N) is 1. The van der Waals surface area contributed by atoms with Crippen molar-refractivity contribution in [2.45, 2.75) is 0 Å². The summed E-state index contributed by atoms with van der Waals surface area (Å²) < 4.78 is 13.6. The van der Waals surface area contributed by atoms with Gasteiger partial charge in [0, 0.05) is 24.5 Å². The fourth-order valence-electron chi connectivity index (χ4n) is 1.85. The molecule has 0 saturated heterocycles. The van der Waals surface area contributed by atoms with Crippen molar-refractivity contribution in [3.05, 3.63) is 66.0 Å². The highest BCUT2D eigenvalue weighted by atomic mass is 19.1. The normalized spacial score (nSPS) is 10.7. The maximum Gasteiger partial charge on any atom is 0.328 e. The van der Waals surface area contributed by atoms with E-state index in [4.69, 9.17) is 5.11 Å². The Bertz CT molecular complexity index is 638. The van der Waals surface area contributed by atoms with Crippen molar-refractivity contribution in [1.82, 2.24) is 0 Å². The second kappa shape index (κ2) is 6.02. The van der Waals surface area contributed by atoms with Crippen LogP contribution in [-0.4, -0.2) is 18.1 Å². The predicted molar refractivity (Wildman–Crippen MR) is 77.6 cm³/mol. The zero-order chi connectivity index (χ0) is 14.5. The summed E-state index contributed by atoms with van der Waals surface area (Å²) in [4.78, 5) is 12.3. The van der Waals surface area contributed by atoms with Gasteiger partial charge in [-0.3, -0.25) is 0 Å². The van der Waals surface area contributed by atoms with Crippen molar-refractivity contribution in [2.24, 2.45) is 0 Å². The van der Waals surface area contributed by atoms with Gasteiger partial charge in [0.15, 0.2) is 0 Å². The lowest BCUT2D eigenvalue weighted by atomic mass is 10.1. The molecule has 3 nitrogen and oxygen atoms in total. The Morgan fingerprint density at radius 2 is 1.85 bits per heavy atom. The van der Waals surface area contributed by atoms with Crippen molar-refractivity contribution in [1.29, 1.82) is 0 Å². The van der Waals surface area contributed by atoms with E-state index in [1.165, 1.54) is 18.2 Å². The first kappa shape index (κ1) is 13.8. The minimum atomic E-state index is -1.06. The van der Waals surface area contributed by atoms with E-state index >= 15 is 0 Å². The molecule has 2 rings (SSSR count). The predicted octanol–water partition coefficient (Wildman–Crippen LogP) is 3.69. The van der Waals surface area contributed by atoms with E-state index in [1.54, 1.807) is 6.07 Å². The number of hydrogen-bond acceptors (Lipinski definition) is 2. The summed E-state index contributed by atoms with van der Waals surface area (Å²) in [5.74, 6) is -1.47. The lowest BCUT2D eigenvalue weighted by molar-refractivity contribution is -0.131. The van der Waals surface area contributed by atoms with Crippen LogP contribution < -0.4 is 4.90 Å². The summed E-state index contributed by atoms with van der Waals surface area (Å²) in [6.45, 7) is 0. The van der Waals surface area contributed by atoms with Gasteiger partial charge in [-0.2, -0.15) is 0 Å². The number of rotatable bonds is 4. The van der Waals surface area contributed by atoms with Crippen LogP contribution in [0.5, 0.6) is 0 Å². The van der Waals surface area contributed by atoms with Crippen LogP contribution in [0.15, 0.2) is 54.6 Å². The van der Waals surface area contributed by atoms with Gasteiger partial charge in [0.1, 0.15) is 5.82 Å². The largest absolute Gasteiger partial charge is 0.478 e. The molecule has 20 heavy (non-hydrogen) atoms. The SMILES string of the molecule is CN(c1ccccc1)c1cc(F)cc(/C=C/C(=O)O)c1. The molecular weight excluding hydrogens is 257 g/mol. The van der Waals surface area contributed by atoms with Crippen LogP contribution in [0.3, 0.4) is 0 Å². The molecule has 0 aliphatic rings. The van der Waals surface area contributed by atoms with Crippen molar-refractivity contribution >= 4 is 23.4 Å². The molecule has 102 valence electrons. The Morgan fingerprint density at radius 3 is 2.50 bits per heavy atom. The average Bonchev–Trinajstić information content (AvgIpc) is 2.44. The Kier molecular flexibility index (Phi) is 4.15. The van der Waals surface area contributed by atoms with Gasteiger partial charge in [0.2, 0.25) is 0 Å². The van der Waals surface area contributed by atoms with E-state index in [1.807, 2.05) is 42.3 Å². The molecule has 0 heterocycles. The van der Waals surface area contributed by atoms with Crippen molar-refractivity contribution < 1.29 is 14.3 Å². The summed E-state index contributed by atoms with van der Waals surface area (Å²) in [5, 5.41) is 8.61. The molecule has 0 saturated carbocycles. The second-order valence-corrected chi connectivity index (χ2v) is 4.31. The van der Waals surface area contributed by atoms with Gasteiger partial charge in [-0.25, -0.2) is 9.18 Å². The third-order valence-electron chi connectivity index (χ3n) is 2.85. The summed E-state index contributed by atoms with van der Waals surface area (Å²) in [7, 11) is 1.83. The zero-order valence-electron chi connectivity index (χ0n) is 11.0. The highest BCUT2D eigenvalue weighted by Gasteiger charge is 2.06. The van der Waals surface area contributed by atoms with Gasteiger partial charge >= 0.3 is 5.97 Å². The number of hydrogen-bond donors (Lipinski definition) is 1. The molecule has 0 fully saturated rings. The minimum Gasteiger partial charge on any atom is -0.478 e. The minimum absolute atomic E-state index is 0.407. The number of carbonyl (C=O) groups is 1. The highest BCUT2D eigenvalue weighted by Crippen LogP contribution is 2.25. The fraction of sp³-hybridized carbons (Fsp3) is 0.0625. The van der Waals surface area contributed by atoms with Gasteiger partial charge in [0.05, 0.1) is 0 Å². The third kappa shape index (κ3) is 3.45. The van der Waals surface area contributed by atoms with Gasteiger partial charge in [-0.15, -0.1) is 0 Å². The first-order valence-electron chi connectivity index (χ1n) is 6.06. The number of aliphatic carboxylic acids is 1. The van der Waals surface area contributed by atoms with Crippen LogP contribution in [0, 0.1) is 5.82 Å². The van der Waals surface area contributed by atoms with Crippen LogP contribution >= 0.6 is 0 Å². The van der Waals surface area contributed by atoms with Crippen LogP contribution in [0.4, 0.5) is 15.8 Å². The molecule has 0 aliphatic carbocycles. The summed E-state index contributed by atoms with van der Waals surface area (Å²) in [6.07, 6.45) is 2.36. The van der Waals surface area contributed by atoms with Crippen LogP contribution in [0.2, 0.25) is 0 Å². The van der Waals surface area contributed by atoms with Gasteiger partial charge in [-0.1, -0.05) is 18.2 Å². The lowest BCUT2D eigenvalue weighted by Gasteiger charge is -2.20. The Morgan fingerprint density at radius 1 is 1.15 bits per heavy atom. The summed E-state index contributed by atoms with van der Waals surface area (Å²) in [6, 6.07) is 14.0. The molecule has 0 unspecified atom stereocenters. The van der Waals surface area contributed by atoms with Crippen molar-refractivity contribution in [3.63, 3.8) is 0 Å². The molecular formula is C16H14FNO2. The second-order valence-electron chi connectivity index (χ2n) is 4.31. The van der Waals surface area contributed by atoms with Crippen molar-refractivity contribution in [2.75, 3.05) is 11.9 Å². The van der Waals surface area contributed by atoms with E-state index in [0.717, 1.165) is 11.8 Å². The number of benzene rings is 2. The Labute approximate surface area is 116 Å². The molecule has 2 aromatic carbocycles. The monoisotopic (exact) mass is 271 g/mol. The molecule has 1 N–H and O–H groups in total. The van der Waals surface area contributed by atoms with E-state index in [-0.39, 0.29) is 0 Å². The number of carboxylic acids is 1. The van der Waals surface area contributed by atoms with Crippen LogP contribution in [0.25, 0.3) is 6.08 Å². The molecule has 0 bridgehead atoms. The summed E-state index contributed by atoms with van der Waals surface area (Å²) >= 11 is 0. The average molecular weight is 271 g/mol. The molecule has 0 amide bonds. The van der Waals surface area contributed by atoms with Gasteiger partial charge < -0.3 is 10.0 Å². The molecule has 4 heteroatoms. The maximum atomic E-state index is 13.6. The van der Waals surface area contributed by atoms with E-state index < -0.39 is 11.8 Å². The quantitative estimate of drug-likeness (QED) is 0.862. The fourth-order valence-corrected chi connectivity index (χ4v) is 1.85. The number of carboxylic acid groups (broad SMARTS) is 1. The number of para-hydroxylation sites is 1. The number of halogens is 1. The molecule has 0 spiro atoms. The van der Waals surface area contributed by atoms with E-state index in [9.17, 15) is 9.18 Å². The number of anilines is 2. The van der Waals surface area contributed by atoms with Crippen LogP contribution in [0.1, 0.15) is 5.56 Å². The highest BCUT2D eigenvalue weighted by molar-refractivity contribution is 5.85. The van der Waals surface area contributed by atoms with E-state index in [2.05, 4.69) is 0 Å². The standard InChI is InChI=1S/C16H14FNO2/c1-18(14-5-3-2-4-6-14)15-10-12(7-8-16(19)20)9-13(17)11-15/h2-11H,1H3,(H,19,20)/b8-7+. The first-order valence-corrected chi connectivity index (χ1v) is 6.06. The van der Waals surface area contributed by atoms with Gasteiger partial charge in [-0.05, 0) is 42.0 Å². The van der Waals surface area contributed by atoms with E-state index in [0.29, 0.717) is 11.3 Å². The maximum absolute atomic E-state index is 13.6. The first-order chi connectivity index (χ1) is 9.56. The molecule has 0 radical (unpaired) electrons.